The smallest absolute Gasteiger partial charge is 0.160 e. The minimum absolute atomic E-state index is 0.0282. The van der Waals surface area contributed by atoms with E-state index in [1.54, 1.807) is 0 Å². The van der Waals surface area contributed by atoms with Crippen LogP contribution in [0, 0.1) is 0 Å². The second-order valence-corrected chi connectivity index (χ2v) is 7.96. The van der Waals surface area contributed by atoms with Crippen molar-refractivity contribution in [1.29, 1.82) is 0 Å². The maximum Gasteiger partial charge on any atom is 0.160 e. The van der Waals surface area contributed by atoms with Gasteiger partial charge in [0.25, 0.3) is 0 Å². The lowest BCUT2D eigenvalue weighted by molar-refractivity contribution is 0.249. The van der Waals surface area contributed by atoms with Crippen LogP contribution in [0.2, 0.25) is 0 Å². The van der Waals surface area contributed by atoms with Crippen molar-refractivity contribution in [2.24, 2.45) is 4.99 Å². The predicted molar refractivity (Wildman–Crippen MR) is 111 cm³/mol. The molecule has 1 aromatic carbocycles. The van der Waals surface area contributed by atoms with Crippen molar-refractivity contribution in [3.05, 3.63) is 84.4 Å². The molecule has 5 heteroatoms. The van der Waals surface area contributed by atoms with E-state index >= 15 is 0 Å². The molecule has 0 spiro atoms. The van der Waals surface area contributed by atoms with E-state index in [1.807, 2.05) is 24.0 Å². The first-order valence-electron chi connectivity index (χ1n) is 9.49. The highest BCUT2D eigenvalue weighted by atomic mass is 32.2. The van der Waals surface area contributed by atoms with Gasteiger partial charge in [-0.2, -0.15) is 0 Å². The Kier molecular flexibility index (Phi) is 4.24. The van der Waals surface area contributed by atoms with Gasteiger partial charge in [0.15, 0.2) is 5.17 Å². The quantitative estimate of drug-likeness (QED) is 0.654. The average molecular weight is 375 g/mol. The van der Waals surface area contributed by atoms with Crippen molar-refractivity contribution in [1.82, 2.24) is 14.5 Å². The second kappa shape index (κ2) is 6.89. The number of aliphatic imine (C=N–C) groups is 1. The Balaban J connectivity index is 1.63. The first-order chi connectivity index (χ1) is 13.4. The third-order valence-electron chi connectivity index (χ3n) is 5.45. The minimum Gasteiger partial charge on any atom is -0.337 e. The summed E-state index contributed by atoms with van der Waals surface area (Å²) in [6.07, 6.45) is 5.16. The summed E-state index contributed by atoms with van der Waals surface area (Å²) in [7, 11) is 0. The number of benzene rings is 1. The lowest BCUT2D eigenvalue weighted by atomic mass is 9.99. The minimum atomic E-state index is 0.0282. The summed E-state index contributed by atoms with van der Waals surface area (Å²) < 4.78 is 2.30. The van der Waals surface area contributed by atoms with Crippen LogP contribution in [0.4, 0.5) is 0 Å². The fraction of sp³-hybridized carbons (Fsp3) is 0.273. The molecule has 4 nitrogen and oxygen atoms in total. The van der Waals surface area contributed by atoms with Crippen LogP contribution in [-0.2, 0) is 0 Å². The molecule has 0 amide bonds. The van der Waals surface area contributed by atoms with E-state index in [4.69, 9.17) is 4.99 Å². The standard InChI is InChI=1S/C22H22N4S/c1-2-16-15-27-22-24-20(18-11-6-7-13-23-18)21(26(16)22)19-12-8-14-25(19)17-9-4-3-5-10-17/h3-14,16,20-21H,2,15H2,1H3/t16-,20-,21+/m1/s1. The molecule has 2 aliphatic rings. The summed E-state index contributed by atoms with van der Waals surface area (Å²) in [6, 6.07) is 21.8. The van der Waals surface area contributed by atoms with Gasteiger partial charge in [0, 0.05) is 35.6 Å². The summed E-state index contributed by atoms with van der Waals surface area (Å²) in [6.45, 7) is 2.27. The molecule has 0 saturated carbocycles. The Labute approximate surface area is 164 Å². The number of hydrogen-bond donors (Lipinski definition) is 0. The van der Waals surface area contributed by atoms with Crippen LogP contribution in [0.15, 0.2) is 78.0 Å². The first-order valence-corrected chi connectivity index (χ1v) is 10.5. The summed E-state index contributed by atoms with van der Waals surface area (Å²) in [5.74, 6) is 1.12. The Hall–Kier alpha value is -2.53. The Morgan fingerprint density at radius 1 is 1.04 bits per heavy atom. The van der Waals surface area contributed by atoms with Crippen LogP contribution in [0.25, 0.3) is 5.69 Å². The third-order valence-corrected chi connectivity index (χ3v) is 6.57. The van der Waals surface area contributed by atoms with E-state index in [-0.39, 0.29) is 12.1 Å². The van der Waals surface area contributed by atoms with Gasteiger partial charge in [0.05, 0.1) is 5.69 Å². The van der Waals surface area contributed by atoms with E-state index in [0.29, 0.717) is 6.04 Å². The molecule has 0 N–H and O–H groups in total. The molecule has 0 radical (unpaired) electrons. The highest BCUT2D eigenvalue weighted by molar-refractivity contribution is 8.14. The number of pyridine rings is 1. The molecular formula is C22H22N4S. The first kappa shape index (κ1) is 16.6. The van der Waals surface area contributed by atoms with Crippen molar-refractivity contribution >= 4 is 16.9 Å². The molecule has 1 fully saturated rings. The van der Waals surface area contributed by atoms with Crippen molar-refractivity contribution in [3.63, 3.8) is 0 Å². The van der Waals surface area contributed by atoms with Gasteiger partial charge in [-0.25, -0.2) is 0 Å². The fourth-order valence-corrected chi connectivity index (χ4v) is 5.47. The molecule has 0 bridgehead atoms. The maximum absolute atomic E-state index is 5.12. The third kappa shape index (κ3) is 2.77. The SMILES string of the molecule is CC[C@@H]1CSC2=N[C@H](c3ccccn3)[C@H](c3cccn3-c3ccccc3)N21. The molecule has 1 saturated heterocycles. The molecule has 0 unspecified atom stereocenters. The molecule has 2 aliphatic heterocycles. The van der Waals surface area contributed by atoms with Crippen LogP contribution in [0.3, 0.4) is 0 Å². The van der Waals surface area contributed by atoms with E-state index in [1.165, 1.54) is 16.5 Å². The van der Waals surface area contributed by atoms with Crippen LogP contribution >= 0.6 is 11.8 Å². The molecule has 4 heterocycles. The number of hydrogen-bond acceptors (Lipinski definition) is 4. The summed E-state index contributed by atoms with van der Waals surface area (Å²) in [5, 5.41) is 1.17. The normalized spacial score (nSPS) is 24.1. The van der Waals surface area contributed by atoms with Gasteiger partial charge in [-0.1, -0.05) is 43.0 Å². The molecule has 27 heavy (non-hydrogen) atoms. The summed E-state index contributed by atoms with van der Waals surface area (Å²) >= 11 is 1.89. The van der Waals surface area contributed by atoms with E-state index in [2.05, 4.69) is 82.2 Å². The molecule has 136 valence electrons. The van der Waals surface area contributed by atoms with Crippen molar-refractivity contribution < 1.29 is 0 Å². The van der Waals surface area contributed by atoms with Crippen LogP contribution in [-0.4, -0.2) is 31.4 Å². The Bertz CT molecular complexity index is 951. The number of thioether (sulfide) groups is 1. The van der Waals surface area contributed by atoms with Gasteiger partial charge < -0.3 is 9.47 Å². The zero-order valence-electron chi connectivity index (χ0n) is 15.3. The topological polar surface area (TPSA) is 33.4 Å². The number of fused-ring (bicyclic) bond motifs is 1. The maximum atomic E-state index is 5.12. The molecule has 0 aliphatic carbocycles. The molecule has 3 atom stereocenters. The fourth-order valence-electron chi connectivity index (χ4n) is 4.13. The lowest BCUT2D eigenvalue weighted by Crippen LogP contribution is -2.36. The summed E-state index contributed by atoms with van der Waals surface area (Å²) in [4.78, 5) is 12.3. The monoisotopic (exact) mass is 374 g/mol. The van der Waals surface area contributed by atoms with Gasteiger partial charge in [0.2, 0.25) is 0 Å². The van der Waals surface area contributed by atoms with Gasteiger partial charge in [-0.05, 0) is 42.8 Å². The van der Waals surface area contributed by atoms with Crippen molar-refractivity contribution in [3.8, 4) is 5.69 Å². The van der Waals surface area contributed by atoms with Crippen LogP contribution in [0.1, 0.15) is 36.8 Å². The Morgan fingerprint density at radius 2 is 1.89 bits per heavy atom. The number of rotatable bonds is 4. The van der Waals surface area contributed by atoms with E-state index in [9.17, 15) is 0 Å². The van der Waals surface area contributed by atoms with Gasteiger partial charge in [-0.3, -0.25) is 9.98 Å². The average Bonchev–Trinajstić information content (AvgIpc) is 3.44. The van der Waals surface area contributed by atoms with Crippen molar-refractivity contribution in [2.75, 3.05) is 5.75 Å². The second-order valence-electron chi connectivity index (χ2n) is 6.97. The highest BCUT2D eigenvalue weighted by Gasteiger charge is 2.46. The van der Waals surface area contributed by atoms with Gasteiger partial charge in [0.1, 0.15) is 12.1 Å². The van der Waals surface area contributed by atoms with E-state index < -0.39 is 0 Å². The number of amidine groups is 1. The molecule has 5 rings (SSSR count). The summed E-state index contributed by atoms with van der Waals surface area (Å²) in [5.41, 5.74) is 3.50. The Morgan fingerprint density at radius 3 is 2.67 bits per heavy atom. The zero-order chi connectivity index (χ0) is 18.2. The number of para-hydroxylation sites is 1. The van der Waals surface area contributed by atoms with E-state index in [0.717, 1.165) is 17.9 Å². The zero-order valence-corrected chi connectivity index (χ0v) is 16.1. The highest BCUT2D eigenvalue weighted by Crippen LogP contribution is 2.48. The van der Waals surface area contributed by atoms with Crippen LogP contribution < -0.4 is 0 Å². The largest absolute Gasteiger partial charge is 0.337 e. The van der Waals surface area contributed by atoms with Crippen molar-refractivity contribution in [2.45, 2.75) is 31.5 Å². The number of aromatic nitrogens is 2. The number of nitrogens with zero attached hydrogens (tertiary/aromatic N) is 4. The van der Waals surface area contributed by atoms with Gasteiger partial charge in [-0.15, -0.1) is 0 Å². The lowest BCUT2D eigenvalue weighted by Gasteiger charge is -2.32. The molecule has 2 aromatic heterocycles. The predicted octanol–water partition coefficient (Wildman–Crippen LogP) is 4.85. The van der Waals surface area contributed by atoms with Crippen LogP contribution in [0.5, 0.6) is 0 Å². The van der Waals surface area contributed by atoms with Gasteiger partial charge >= 0.3 is 0 Å². The molecular weight excluding hydrogens is 352 g/mol. The molecule has 3 aromatic rings.